The fraction of sp³-hybridized carbons (Fsp3) is 0.588. The van der Waals surface area contributed by atoms with Gasteiger partial charge in [0.25, 0.3) is 0 Å². The van der Waals surface area contributed by atoms with Gasteiger partial charge in [-0.15, -0.1) is 21.5 Å². The Morgan fingerprint density at radius 3 is 3.33 bits per heavy atom. The number of hydrogen-bond donors (Lipinski definition) is 1. The fourth-order valence-corrected chi connectivity index (χ4v) is 4.53. The third-order valence-corrected chi connectivity index (χ3v) is 6.15. The van der Waals surface area contributed by atoms with Crippen molar-refractivity contribution in [2.24, 2.45) is 5.92 Å². The van der Waals surface area contributed by atoms with Gasteiger partial charge in [0.1, 0.15) is 12.2 Å². The fourth-order valence-electron chi connectivity index (χ4n) is 3.64. The lowest BCUT2D eigenvalue weighted by Crippen LogP contribution is -2.48. The largest absolute Gasteiger partial charge is 0.337 e. The zero-order valence-electron chi connectivity index (χ0n) is 13.9. The summed E-state index contributed by atoms with van der Waals surface area (Å²) in [6.07, 6.45) is 4.88. The van der Waals surface area contributed by atoms with Crippen LogP contribution in [0.3, 0.4) is 0 Å². The molecule has 1 N–H and O–H groups in total. The summed E-state index contributed by atoms with van der Waals surface area (Å²) in [5, 5.41) is 13.7. The van der Waals surface area contributed by atoms with Crippen LogP contribution in [0, 0.1) is 5.92 Å². The highest BCUT2D eigenvalue weighted by atomic mass is 32.1. The van der Waals surface area contributed by atoms with Crippen molar-refractivity contribution in [2.75, 3.05) is 13.1 Å². The van der Waals surface area contributed by atoms with Crippen LogP contribution in [-0.4, -0.2) is 44.7 Å². The van der Waals surface area contributed by atoms with Gasteiger partial charge in [0.05, 0.1) is 6.04 Å². The summed E-state index contributed by atoms with van der Waals surface area (Å²) in [7, 11) is 0. The number of carbonyl (C=O) groups is 1. The summed E-state index contributed by atoms with van der Waals surface area (Å²) in [6, 6.07) is 2.02. The first kappa shape index (κ1) is 15.8. The van der Waals surface area contributed by atoms with Crippen molar-refractivity contribution in [2.45, 2.75) is 45.3 Å². The Kier molecular flexibility index (Phi) is 4.37. The highest BCUT2D eigenvalue weighted by molar-refractivity contribution is 7.10. The normalized spacial score (nSPS) is 21.2. The van der Waals surface area contributed by atoms with E-state index in [1.807, 2.05) is 18.2 Å². The molecule has 0 radical (unpaired) electrons. The molecule has 0 bridgehead atoms. The predicted molar refractivity (Wildman–Crippen MR) is 92.7 cm³/mol. The maximum Gasteiger partial charge on any atom is 0.239 e. The summed E-state index contributed by atoms with van der Waals surface area (Å²) >= 11 is 1.81. The van der Waals surface area contributed by atoms with Gasteiger partial charge in [0.15, 0.2) is 0 Å². The van der Waals surface area contributed by atoms with Crippen LogP contribution in [0.1, 0.15) is 29.6 Å². The number of carbonyl (C=O) groups excluding carboxylic acids is 1. The average Bonchev–Trinajstić information content (AvgIpc) is 3.26. The Labute approximate surface area is 145 Å². The molecule has 4 heterocycles. The van der Waals surface area contributed by atoms with Crippen LogP contribution in [0.15, 0.2) is 17.8 Å². The maximum atomic E-state index is 12.7. The molecule has 2 aliphatic heterocycles. The minimum Gasteiger partial charge on any atom is -0.337 e. The molecule has 0 spiro atoms. The molecular weight excluding hydrogens is 322 g/mol. The van der Waals surface area contributed by atoms with E-state index in [1.54, 1.807) is 11.3 Å². The van der Waals surface area contributed by atoms with Crippen LogP contribution in [-0.2, 0) is 30.7 Å². The molecule has 128 valence electrons. The Balaban J connectivity index is 1.29. The van der Waals surface area contributed by atoms with Gasteiger partial charge < -0.3 is 14.8 Å². The van der Waals surface area contributed by atoms with Gasteiger partial charge >= 0.3 is 0 Å². The molecule has 0 saturated carbocycles. The van der Waals surface area contributed by atoms with Crippen LogP contribution >= 0.6 is 11.3 Å². The van der Waals surface area contributed by atoms with E-state index in [1.165, 1.54) is 10.4 Å². The van der Waals surface area contributed by atoms with Crippen molar-refractivity contribution in [1.29, 1.82) is 0 Å². The van der Waals surface area contributed by atoms with Crippen LogP contribution in [0.5, 0.6) is 0 Å². The predicted octanol–water partition coefficient (Wildman–Crippen LogP) is 1.46. The van der Waals surface area contributed by atoms with E-state index in [4.69, 9.17) is 0 Å². The molecule has 2 atom stereocenters. The number of amides is 1. The lowest BCUT2D eigenvalue weighted by molar-refractivity contribution is -0.134. The van der Waals surface area contributed by atoms with Gasteiger partial charge in [0.2, 0.25) is 5.91 Å². The molecule has 0 unspecified atom stereocenters. The van der Waals surface area contributed by atoms with Crippen LogP contribution < -0.4 is 5.32 Å². The molecule has 2 aromatic heterocycles. The number of rotatable bonds is 4. The number of aromatic nitrogens is 3. The lowest BCUT2D eigenvalue weighted by atomic mass is 9.99. The molecule has 2 aromatic rings. The monoisotopic (exact) mass is 345 g/mol. The van der Waals surface area contributed by atoms with E-state index >= 15 is 0 Å². The molecule has 0 fully saturated rings. The summed E-state index contributed by atoms with van der Waals surface area (Å²) in [6.45, 7) is 5.39. The number of nitrogens with zero attached hydrogens (tertiary/aromatic N) is 4. The van der Waals surface area contributed by atoms with Crippen LogP contribution in [0.25, 0.3) is 0 Å². The van der Waals surface area contributed by atoms with Crippen molar-refractivity contribution in [3.63, 3.8) is 0 Å². The van der Waals surface area contributed by atoms with Gasteiger partial charge in [-0.2, -0.15) is 0 Å². The molecule has 0 saturated heterocycles. The van der Waals surface area contributed by atoms with Gasteiger partial charge in [-0.1, -0.05) is 0 Å². The number of nitrogens with one attached hydrogen (secondary N) is 1. The van der Waals surface area contributed by atoms with E-state index in [0.29, 0.717) is 5.92 Å². The summed E-state index contributed by atoms with van der Waals surface area (Å²) in [5.74, 6) is 1.83. The summed E-state index contributed by atoms with van der Waals surface area (Å²) in [4.78, 5) is 16.1. The van der Waals surface area contributed by atoms with E-state index in [2.05, 4.69) is 31.5 Å². The second-order valence-electron chi connectivity index (χ2n) is 6.81. The van der Waals surface area contributed by atoms with Gasteiger partial charge in [-0.3, -0.25) is 4.79 Å². The number of thiophene rings is 1. The van der Waals surface area contributed by atoms with Crippen LogP contribution in [0.2, 0.25) is 0 Å². The number of fused-ring (bicyclic) bond motifs is 2. The van der Waals surface area contributed by atoms with E-state index in [0.717, 1.165) is 51.3 Å². The zero-order chi connectivity index (χ0) is 16.5. The van der Waals surface area contributed by atoms with Crippen LogP contribution in [0.4, 0.5) is 0 Å². The Bertz CT molecular complexity index is 724. The highest BCUT2D eigenvalue weighted by Crippen LogP contribution is 2.24. The van der Waals surface area contributed by atoms with Crippen molar-refractivity contribution < 1.29 is 4.79 Å². The summed E-state index contributed by atoms with van der Waals surface area (Å²) in [5.41, 5.74) is 1.32. The average molecular weight is 345 g/mol. The highest BCUT2D eigenvalue weighted by Gasteiger charge is 2.26. The quantitative estimate of drug-likeness (QED) is 0.911. The smallest absolute Gasteiger partial charge is 0.239 e. The van der Waals surface area contributed by atoms with E-state index in [-0.39, 0.29) is 11.9 Å². The minimum atomic E-state index is -0.132. The van der Waals surface area contributed by atoms with Gasteiger partial charge in [-0.25, -0.2) is 0 Å². The Morgan fingerprint density at radius 2 is 2.42 bits per heavy atom. The van der Waals surface area contributed by atoms with Crippen molar-refractivity contribution >= 4 is 17.2 Å². The Morgan fingerprint density at radius 1 is 1.50 bits per heavy atom. The molecule has 0 aromatic carbocycles. The molecule has 6 nitrogen and oxygen atoms in total. The standard InChI is InChI=1S/C17H23N5OS/c1-12(17(23)21-6-4-15-14(10-21)5-7-24-15)18-8-13-2-3-16-20-19-11-22(16)9-13/h5,7,11-13,18H,2-4,6,8-10H2,1H3/t12-,13-/m0/s1. The van der Waals surface area contributed by atoms with E-state index in [9.17, 15) is 4.79 Å². The topological polar surface area (TPSA) is 63.1 Å². The van der Waals surface area contributed by atoms with Crippen molar-refractivity contribution in [1.82, 2.24) is 25.0 Å². The number of hydrogen-bond acceptors (Lipinski definition) is 5. The molecule has 1 amide bonds. The second kappa shape index (κ2) is 6.64. The molecule has 7 heteroatoms. The Hall–Kier alpha value is -1.73. The molecule has 2 aliphatic rings. The van der Waals surface area contributed by atoms with Crippen molar-refractivity contribution in [3.8, 4) is 0 Å². The molecule has 4 rings (SSSR count). The third kappa shape index (κ3) is 3.10. The molecular formula is C17H23N5OS. The second-order valence-corrected chi connectivity index (χ2v) is 7.81. The minimum absolute atomic E-state index is 0.132. The first-order chi connectivity index (χ1) is 11.7. The summed E-state index contributed by atoms with van der Waals surface area (Å²) < 4.78 is 2.13. The zero-order valence-corrected chi connectivity index (χ0v) is 14.8. The first-order valence-electron chi connectivity index (χ1n) is 8.65. The van der Waals surface area contributed by atoms with Gasteiger partial charge in [0, 0.05) is 37.5 Å². The number of aryl methyl sites for hydroxylation is 1. The van der Waals surface area contributed by atoms with Gasteiger partial charge in [-0.05, 0) is 42.7 Å². The third-order valence-electron chi connectivity index (χ3n) is 5.13. The van der Waals surface area contributed by atoms with E-state index < -0.39 is 0 Å². The molecule has 0 aliphatic carbocycles. The lowest BCUT2D eigenvalue weighted by Gasteiger charge is -2.31. The maximum absolute atomic E-state index is 12.7. The first-order valence-corrected chi connectivity index (χ1v) is 9.53. The van der Waals surface area contributed by atoms with Crippen molar-refractivity contribution in [3.05, 3.63) is 34.0 Å². The molecule has 24 heavy (non-hydrogen) atoms. The SMILES string of the molecule is C[C@H](NC[C@@H]1CCc2nncn2C1)C(=O)N1CCc2sccc2C1.